The van der Waals surface area contributed by atoms with E-state index in [-0.39, 0.29) is 22.5 Å². The van der Waals surface area contributed by atoms with Crippen molar-refractivity contribution in [3.8, 4) is 23.0 Å². The molecule has 0 spiro atoms. The number of hydrogen-bond donors (Lipinski definition) is 4. The van der Waals surface area contributed by atoms with E-state index in [1.807, 2.05) is 0 Å². The van der Waals surface area contributed by atoms with Crippen molar-refractivity contribution in [2.24, 2.45) is 0 Å². The Labute approximate surface area is 181 Å². The maximum absolute atomic E-state index is 12.8. The summed E-state index contributed by atoms with van der Waals surface area (Å²) in [5, 5.41) is 39.4. The molecule has 1 fully saturated rings. The number of hydrogen-bond acceptors (Lipinski definition) is 10. The van der Waals surface area contributed by atoms with Gasteiger partial charge in [-0.25, -0.2) is 0 Å². The van der Waals surface area contributed by atoms with Crippen LogP contribution in [0.15, 0.2) is 57.9 Å². The molecule has 1 aliphatic heterocycles. The largest absolute Gasteiger partial charge is 0.497 e. The summed E-state index contributed by atoms with van der Waals surface area (Å²) in [6.45, 7) is -0.575. The van der Waals surface area contributed by atoms with Gasteiger partial charge in [0, 0.05) is 6.07 Å². The van der Waals surface area contributed by atoms with Crippen molar-refractivity contribution in [2.75, 3.05) is 13.7 Å². The quantitative estimate of drug-likeness (QED) is 0.428. The van der Waals surface area contributed by atoms with Crippen LogP contribution in [-0.2, 0) is 4.74 Å². The summed E-state index contributed by atoms with van der Waals surface area (Å²) in [7, 11) is 1.54. The first kappa shape index (κ1) is 22.1. The molecule has 1 aliphatic rings. The molecule has 5 atom stereocenters. The Morgan fingerprint density at radius 3 is 2.31 bits per heavy atom. The lowest BCUT2D eigenvalue weighted by Gasteiger charge is -2.39. The summed E-state index contributed by atoms with van der Waals surface area (Å²) in [5.74, 6) is 1.24. The minimum atomic E-state index is -1.57. The smallest absolute Gasteiger partial charge is 0.235 e. The fourth-order valence-corrected chi connectivity index (χ4v) is 3.30. The topological polar surface area (TPSA) is 148 Å². The Balaban J connectivity index is 1.54. The molecule has 32 heavy (non-hydrogen) atoms. The minimum absolute atomic E-state index is 0.00901. The maximum Gasteiger partial charge on any atom is 0.235 e. The molecule has 0 saturated carbocycles. The van der Waals surface area contributed by atoms with E-state index in [1.54, 1.807) is 31.4 Å². The van der Waals surface area contributed by atoms with E-state index in [0.29, 0.717) is 11.5 Å². The third-order valence-electron chi connectivity index (χ3n) is 5.10. The SMILES string of the molecule is COc1ccc(Oc2coc3cc(O[C@@H]4O[C@H](CO)[C@H](O)[C@H](O)[C@@H]4O)ccc3c2=O)cc1. The fourth-order valence-electron chi connectivity index (χ4n) is 3.30. The van der Waals surface area contributed by atoms with Crippen molar-refractivity contribution in [3.05, 3.63) is 59.0 Å². The van der Waals surface area contributed by atoms with Crippen LogP contribution in [0, 0.1) is 0 Å². The number of methoxy groups -OCH3 is 1. The van der Waals surface area contributed by atoms with Gasteiger partial charge in [0.2, 0.25) is 17.5 Å². The van der Waals surface area contributed by atoms with Crippen LogP contribution in [0.1, 0.15) is 0 Å². The lowest BCUT2D eigenvalue weighted by atomic mass is 9.99. The molecule has 2 aromatic carbocycles. The molecule has 1 aromatic heterocycles. The van der Waals surface area contributed by atoms with E-state index in [0.717, 1.165) is 0 Å². The van der Waals surface area contributed by atoms with Gasteiger partial charge in [-0.2, -0.15) is 0 Å². The van der Waals surface area contributed by atoms with Crippen LogP contribution in [0.4, 0.5) is 0 Å². The van der Waals surface area contributed by atoms with Gasteiger partial charge in [0.25, 0.3) is 0 Å². The zero-order chi connectivity index (χ0) is 22.8. The van der Waals surface area contributed by atoms with Gasteiger partial charge in [-0.3, -0.25) is 4.79 Å². The number of aliphatic hydroxyl groups excluding tert-OH is 4. The standard InChI is InChI=1S/C22H22O10/c1-28-11-2-4-12(5-3-11)30-17-10-29-15-8-13(6-7-14(15)18(17)24)31-22-21(27)20(26)19(25)16(9-23)32-22/h2-8,10,16,19-23,25-27H,9H2,1H3/t16-,19+,20+,21+,22-/m1/s1. The van der Waals surface area contributed by atoms with Gasteiger partial charge in [-0.05, 0) is 36.4 Å². The molecule has 10 heteroatoms. The van der Waals surface area contributed by atoms with E-state index < -0.39 is 42.7 Å². The summed E-state index contributed by atoms with van der Waals surface area (Å²) in [5.41, 5.74) is -0.208. The second-order valence-corrected chi connectivity index (χ2v) is 7.18. The number of rotatable bonds is 6. The molecule has 0 bridgehead atoms. The Bertz CT molecular complexity index is 1120. The third-order valence-corrected chi connectivity index (χ3v) is 5.10. The summed E-state index contributed by atoms with van der Waals surface area (Å²) in [6.07, 6.45) is -5.90. The van der Waals surface area contributed by atoms with Gasteiger partial charge in [-0.15, -0.1) is 0 Å². The number of fused-ring (bicyclic) bond motifs is 1. The Morgan fingerprint density at radius 1 is 0.938 bits per heavy atom. The van der Waals surface area contributed by atoms with Crippen LogP contribution < -0.4 is 19.6 Å². The highest BCUT2D eigenvalue weighted by molar-refractivity contribution is 5.79. The van der Waals surface area contributed by atoms with Crippen molar-refractivity contribution in [3.63, 3.8) is 0 Å². The molecule has 170 valence electrons. The summed E-state index contributed by atoms with van der Waals surface area (Å²) < 4.78 is 27.1. The van der Waals surface area contributed by atoms with Gasteiger partial charge in [-0.1, -0.05) is 0 Å². The highest BCUT2D eigenvalue weighted by Crippen LogP contribution is 2.28. The predicted octanol–water partition coefficient (Wildman–Crippen LogP) is 0.773. The van der Waals surface area contributed by atoms with E-state index in [9.17, 15) is 25.2 Å². The summed E-state index contributed by atoms with van der Waals surface area (Å²) >= 11 is 0. The van der Waals surface area contributed by atoms with Gasteiger partial charge in [0.1, 0.15) is 53.5 Å². The van der Waals surface area contributed by atoms with E-state index in [4.69, 9.17) is 23.4 Å². The lowest BCUT2D eigenvalue weighted by molar-refractivity contribution is -0.277. The Kier molecular flexibility index (Phi) is 6.31. The van der Waals surface area contributed by atoms with Crippen LogP contribution in [0.2, 0.25) is 0 Å². The van der Waals surface area contributed by atoms with Gasteiger partial charge in [0.15, 0.2) is 0 Å². The first-order chi connectivity index (χ1) is 15.4. The summed E-state index contributed by atoms with van der Waals surface area (Å²) in [4.78, 5) is 12.8. The van der Waals surface area contributed by atoms with E-state index in [1.165, 1.54) is 24.5 Å². The molecule has 0 unspecified atom stereocenters. The van der Waals surface area contributed by atoms with Crippen molar-refractivity contribution in [2.45, 2.75) is 30.7 Å². The Hall–Kier alpha value is -3.15. The monoisotopic (exact) mass is 446 g/mol. The number of benzene rings is 2. The molecule has 0 amide bonds. The second-order valence-electron chi connectivity index (χ2n) is 7.18. The first-order valence-electron chi connectivity index (χ1n) is 9.76. The van der Waals surface area contributed by atoms with Gasteiger partial charge in [0.05, 0.1) is 19.1 Å². The van der Waals surface area contributed by atoms with E-state index >= 15 is 0 Å². The van der Waals surface area contributed by atoms with Gasteiger partial charge < -0.3 is 43.8 Å². The summed E-state index contributed by atoms with van der Waals surface area (Å²) in [6, 6.07) is 11.0. The van der Waals surface area contributed by atoms with Crippen LogP contribution in [0.25, 0.3) is 11.0 Å². The predicted molar refractivity (Wildman–Crippen MR) is 110 cm³/mol. The third kappa shape index (κ3) is 4.27. The van der Waals surface area contributed by atoms with Crippen molar-refractivity contribution >= 4 is 11.0 Å². The Morgan fingerprint density at radius 2 is 1.62 bits per heavy atom. The highest BCUT2D eigenvalue weighted by atomic mass is 16.7. The molecule has 10 nitrogen and oxygen atoms in total. The molecular formula is C22H22O10. The highest BCUT2D eigenvalue weighted by Gasteiger charge is 2.44. The zero-order valence-corrected chi connectivity index (χ0v) is 17.0. The normalized spacial score (nSPS) is 25.5. The minimum Gasteiger partial charge on any atom is -0.497 e. The average molecular weight is 446 g/mol. The number of ether oxygens (including phenoxy) is 4. The molecule has 4 rings (SSSR count). The van der Waals surface area contributed by atoms with Crippen LogP contribution >= 0.6 is 0 Å². The molecule has 4 N–H and O–H groups in total. The van der Waals surface area contributed by atoms with Crippen LogP contribution in [0.5, 0.6) is 23.0 Å². The second kappa shape index (κ2) is 9.15. The van der Waals surface area contributed by atoms with Crippen LogP contribution in [-0.4, -0.2) is 64.8 Å². The van der Waals surface area contributed by atoms with Crippen molar-refractivity contribution in [1.29, 1.82) is 0 Å². The average Bonchev–Trinajstić information content (AvgIpc) is 2.81. The number of aliphatic hydroxyl groups is 4. The zero-order valence-electron chi connectivity index (χ0n) is 17.0. The molecular weight excluding hydrogens is 424 g/mol. The van der Waals surface area contributed by atoms with Crippen molar-refractivity contribution in [1.82, 2.24) is 0 Å². The molecule has 1 saturated heterocycles. The maximum atomic E-state index is 12.8. The molecule has 3 aromatic rings. The van der Waals surface area contributed by atoms with Crippen molar-refractivity contribution < 1.29 is 43.8 Å². The first-order valence-corrected chi connectivity index (χ1v) is 9.76. The lowest BCUT2D eigenvalue weighted by Crippen LogP contribution is -2.60. The molecule has 0 radical (unpaired) electrons. The molecule has 0 aliphatic carbocycles. The van der Waals surface area contributed by atoms with E-state index in [2.05, 4.69) is 0 Å². The fraction of sp³-hybridized carbons (Fsp3) is 0.318. The van der Waals surface area contributed by atoms with Crippen LogP contribution in [0.3, 0.4) is 0 Å². The molecule has 2 heterocycles. The van der Waals surface area contributed by atoms with Gasteiger partial charge >= 0.3 is 0 Å².